The number of hydrogen-bond acceptors (Lipinski definition) is 2. The molecule has 2 aliphatic carbocycles. The van der Waals surface area contributed by atoms with Gasteiger partial charge in [-0.25, -0.2) is 4.79 Å². The van der Waals surface area contributed by atoms with Crippen LogP contribution < -0.4 is 10.6 Å². The van der Waals surface area contributed by atoms with Crippen LogP contribution in [0.4, 0.5) is 4.79 Å². The van der Waals surface area contributed by atoms with E-state index in [1.807, 2.05) is 0 Å². The lowest BCUT2D eigenvalue weighted by atomic mass is 9.96. The van der Waals surface area contributed by atoms with E-state index in [1.165, 1.54) is 0 Å². The molecule has 0 heterocycles. The quantitative estimate of drug-likeness (QED) is 0.667. The SMILES string of the molecule is O=C(NCC1CCCC1C(=O)O)NC1CC1. The van der Waals surface area contributed by atoms with Crippen molar-refractivity contribution in [1.29, 1.82) is 0 Å². The number of carbonyl (C=O) groups excluding carboxylic acids is 1. The summed E-state index contributed by atoms with van der Waals surface area (Å²) in [5.41, 5.74) is 0. The van der Waals surface area contributed by atoms with Gasteiger partial charge in [-0.1, -0.05) is 6.42 Å². The molecule has 2 atom stereocenters. The van der Waals surface area contributed by atoms with Crippen molar-refractivity contribution >= 4 is 12.0 Å². The maximum absolute atomic E-state index is 11.4. The molecule has 2 aliphatic rings. The molecule has 2 unspecified atom stereocenters. The van der Waals surface area contributed by atoms with Crippen LogP contribution in [0.2, 0.25) is 0 Å². The Labute approximate surface area is 94.6 Å². The minimum absolute atomic E-state index is 0.0995. The highest BCUT2D eigenvalue weighted by molar-refractivity contribution is 5.75. The van der Waals surface area contributed by atoms with Gasteiger partial charge in [0.15, 0.2) is 0 Å². The number of rotatable bonds is 4. The molecule has 2 fully saturated rings. The van der Waals surface area contributed by atoms with E-state index in [4.69, 9.17) is 5.11 Å². The van der Waals surface area contributed by atoms with Crippen LogP contribution in [0.5, 0.6) is 0 Å². The first kappa shape index (κ1) is 11.2. The van der Waals surface area contributed by atoms with Crippen LogP contribution >= 0.6 is 0 Å². The van der Waals surface area contributed by atoms with Crippen LogP contribution in [-0.2, 0) is 4.79 Å². The lowest BCUT2D eigenvalue weighted by Crippen LogP contribution is -2.40. The van der Waals surface area contributed by atoms with E-state index < -0.39 is 5.97 Å². The highest BCUT2D eigenvalue weighted by Crippen LogP contribution is 2.31. The fraction of sp³-hybridized carbons (Fsp3) is 0.818. The van der Waals surface area contributed by atoms with Crippen LogP contribution in [0.3, 0.4) is 0 Å². The summed E-state index contributed by atoms with van der Waals surface area (Å²) in [6.07, 6.45) is 4.73. The molecule has 5 nitrogen and oxygen atoms in total. The van der Waals surface area contributed by atoms with Crippen molar-refractivity contribution in [3.05, 3.63) is 0 Å². The predicted molar refractivity (Wildman–Crippen MR) is 58.0 cm³/mol. The molecule has 2 saturated carbocycles. The lowest BCUT2D eigenvalue weighted by molar-refractivity contribution is -0.142. The molecule has 0 spiro atoms. The third-order valence-electron chi connectivity index (χ3n) is 3.41. The summed E-state index contributed by atoms with van der Waals surface area (Å²) in [7, 11) is 0. The number of aliphatic carboxylic acids is 1. The zero-order valence-electron chi connectivity index (χ0n) is 9.24. The second-order valence-electron chi connectivity index (χ2n) is 4.76. The fourth-order valence-corrected chi connectivity index (χ4v) is 2.29. The van der Waals surface area contributed by atoms with Gasteiger partial charge in [-0.2, -0.15) is 0 Å². The topological polar surface area (TPSA) is 78.4 Å². The van der Waals surface area contributed by atoms with Crippen LogP contribution in [0.25, 0.3) is 0 Å². The summed E-state index contributed by atoms with van der Waals surface area (Å²) in [6.45, 7) is 0.482. The van der Waals surface area contributed by atoms with Gasteiger partial charge >= 0.3 is 12.0 Å². The minimum Gasteiger partial charge on any atom is -0.481 e. The zero-order valence-corrected chi connectivity index (χ0v) is 9.24. The first-order valence-corrected chi connectivity index (χ1v) is 5.94. The number of hydrogen-bond donors (Lipinski definition) is 3. The number of carboxylic acid groups (broad SMARTS) is 1. The minimum atomic E-state index is -0.730. The Morgan fingerprint density at radius 3 is 2.56 bits per heavy atom. The third kappa shape index (κ3) is 2.87. The van der Waals surface area contributed by atoms with Crippen LogP contribution in [0.1, 0.15) is 32.1 Å². The van der Waals surface area contributed by atoms with Gasteiger partial charge in [0.05, 0.1) is 5.92 Å². The van der Waals surface area contributed by atoms with E-state index in [-0.39, 0.29) is 17.9 Å². The van der Waals surface area contributed by atoms with Gasteiger partial charge in [0.1, 0.15) is 0 Å². The summed E-state index contributed by atoms with van der Waals surface area (Å²) in [5, 5.41) is 14.6. The van der Waals surface area contributed by atoms with E-state index in [1.54, 1.807) is 0 Å². The maximum Gasteiger partial charge on any atom is 0.315 e. The summed E-state index contributed by atoms with van der Waals surface area (Å²) < 4.78 is 0. The molecule has 0 radical (unpaired) electrons. The van der Waals surface area contributed by atoms with Crippen molar-refractivity contribution in [1.82, 2.24) is 10.6 Å². The normalized spacial score (nSPS) is 28.8. The summed E-state index contributed by atoms with van der Waals surface area (Å²) in [4.78, 5) is 22.3. The molecular weight excluding hydrogens is 208 g/mol. The van der Waals surface area contributed by atoms with Gasteiger partial charge in [0.2, 0.25) is 0 Å². The Balaban J connectivity index is 1.71. The second-order valence-corrected chi connectivity index (χ2v) is 4.76. The van der Waals surface area contributed by atoms with E-state index in [0.717, 1.165) is 32.1 Å². The Hall–Kier alpha value is -1.26. The van der Waals surface area contributed by atoms with Gasteiger partial charge in [0.25, 0.3) is 0 Å². The average Bonchev–Trinajstić information content (AvgIpc) is 2.91. The van der Waals surface area contributed by atoms with Crippen molar-refractivity contribution < 1.29 is 14.7 Å². The smallest absolute Gasteiger partial charge is 0.315 e. The standard InChI is InChI=1S/C11H18N2O3/c14-10(15)9-3-1-2-7(9)6-12-11(16)13-8-4-5-8/h7-9H,1-6H2,(H,14,15)(H2,12,13,16). The van der Waals surface area contributed by atoms with Gasteiger partial charge < -0.3 is 15.7 Å². The first-order valence-electron chi connectivity index (χ1n) is 5.94. The first-order chi connectivity index (χ1) is 7.66. The molecule has 0 saturated heterocycles. The van der Waals surface area contributed by atoms with Gasteiger partial charge in [0, 0.05) is 12.6 Å². The van der Waals surface area contributed by atoms with Crippen molar-refractivity contribution in [3.63, 3.8) is 0 Å². The third-order valence-corrected chi connectivity index (χ3v) is 3.41. The number of carbonyl (C=O) groups is 2. The molecule has 0 aromatic heterocycles. The monoisotopic (exact) mass is 226 g/mol. The molecule has 0 aliphatic heterocycles. The van der Waals surface area contributed by atoms with Crippen LogP contribution in [0.15, 0.2) is 0 Å². The Kier molecular flexibility index (Phi) is 3.31. The van der Waals surface area contributed by atoms with Crippen LogP contribution in [0, 0.1) is 11.8 Å². The molecule has 2 rings (SSSR count). The number of carboxylic acids is 1. The number of nitrogens with one attached hydrogen (secondary N) is 2. The van der Waals surface area contributed by atoms with Crippen LogP contribution in [-0.4, -0.2) is 29.7 Å². The molecule has 2 amide bonds. The molecule has 0 aromatic carbocycles. The summed E-state index contributed by atoms with van der Waals surface area (Å²) in [6, 6.07) is 0.192. The summed E-state index contributed by atoms with van der Waals surface area (Å²) >= 11 is 0. The largest absolute Gasteiger partial charge is 0.481 e. The fourth-order valence-electron chi connectivity index (χ4n) is 2.29. The highest BCUT2D eigenvalue weighted by Gasteiger charge is 2.33. The van der Waals surface area contributed by atoms with Gasteiger partial charge in [-0.05, 0) is 31.6 Å². The van der Waals surface area contributed by atoms with Crippen molar-refractivity contribution in [2.24, 2.45) is 11.8 Å². The van der Waals surface area contributed by atoms with E-state index >= 15 is 0 Å². The highest BCUT2D eigenvalue weighted by atomic mass is 16.4. The molecule has 3 N–H and O–H groups in total. The zero-order chi connectivity index (χ0) is 11.5. The molecule has 16 heavy (non-hydrogen) atoms. The molecular formula is C11H18N2O3. The Morgan fingerprint density at radius 2 is 1.94 bits per heavy atom. The van der Waals surface area contributed by atoms with Crippen molar-refractivity contribution in [2.45, 2.75) is 38.1 Å². The van der Waals surface area contributed by atoms with Crippen molar-refractivity contribution in [2.75, 3.05) is 6.54 Å². The molecule has 0 aromatic rings. The lowest BCUT2D eigenvalue weighted by Gasteiger charge is -2.16. The van der Waals surface area contributed by atoms with E-state index in [0.29, 0.717) is 12.6 Å². The molecule has 0 bridgehead atoms. The number of urea groups is 1. The van der Waals surface area contributed by atoms with Gasteiger partial charge in [-0.15, -0.1) is 0 Å². The van der Waals surface area contributed by atoms with E-state index in [2.05, 4.69) is 10.6 Å². The molecule has 5 heteroatoms. The van der Waals surface area contributed by atoms with E-state index in [9.17, 15) is 9.59 Å². The molecule has 90 valence electrons. The average molecular weight is 226 g/mol. The maximum atomic E-state index is 11.4. The Morgan fingerprint density at radius 1 is 1.19 bits per heavy atom. The van der Waals surface area contributed by atoms with Gasteiger partial charge in [-0.3, -0.25) is 4.79 Å². The second kappa shape index (κ2) is 4.72. The summed E-state index contributed by atoms with van der Waals surface area (Å²) in [5.74, 6) is -0.907. The number of amides is 2. The van der Waals surface area contributed by atoms with Crippen molar-refractivity contribution in [3.8, 4) is 0 Å². The Bertz CT molecular complexity index is 289. The predicted octanol–water partition coefficient (Wildman–Crippen LogP) is 0.949.